The number of aryl methyl sites for hydroxylation is 1. The molecule has 1 aliphatic rings. The predicted molar refractivity (Wildman–Crippen MR) is 118 cm³/mol. The molecule has 2 N–H and O–H groups in total. The third-order valence-corrected chi connectivity index (χ3v) is 5.09. The minimum absolute atomic E-state index is 0.0701. The molecule has 8 nitrogen and oxygen atoms in total. The third kappa shape index (κ3) is 6.08. The summed E-state index contributed by atoms with van der Waals surface area (Å²) >= 11 is 6.14. The summed E-state index contributed by atoms with van der Waals surface area (Å²) in [6, 6.07) is 8.05. The van der Waals surface area contributed by atoms with E-state index in [1.165, 1.54) is 11.0 Å². The summed E-state index contributed by atoms with van der Waals surface area (Å²) in [6.07, 6.45) is 4.21. The van der Waals surface area contributed by atoms with Crippen LogP contribution in [0.5, 0.6) is 5.75 Å². The lowest BCUT2D eigenvalue weighted by Gasteiger charge is -2.28. The molecular weight excluding hydrogens is 420 g/mol. The Kier molecular flexibility index (Phi) is 7.70. The molecule has 0 bridgehead atoms. The number of carbonyl (C=O) groups excluding carboxylic acids is 2. The van der Waals surface area contributed by atoms with E-state index in [2.05, 4.69) is 10.4 Å². The number of aliphatic hydroxyl groups excluding tert-OH is 1. The summed E-state index contributed by atoms with van der Waals surface area (Å²) in [5, 5.41) is 16.5. The van der Waals surface area contributed by atoms with Crippen LogP contribution in [-0.2, 0) is 16.1 Å². The SMILES string of the molecule is CC(C)C[C@@H](C(=O)Nc1ccn(CCCO)n1)N1CC(Oc2ccccc2Cl)=CC1=O. The van der Waals surface area contributed by atoms with Crippen LogP contribution in [0.15, 0.2) is 48.4 Å². The van der Waals surface area contributed by atoms with Gasteiger partial charge in [0.15, 0.2) is 5.82 Å². The van der Waals surface area contributed by atoms with Gasteiger partial charge in [-0.05, 0) is 30.9 Å². The van der Waals surface area contributed by atoms with Gasteiger partial charge < -0.3 is 20.1 Å². The molecule has 1 aromatic heterocycles. The molecule has 1 atom stereocenters. The van der Waals surface area contributed by atoms with Crippen LogP contribution in [0.4, 0.5) is 5.82 Å². The summed E-state index contributed by atoms with van der Waals surface area (Å²) in [5.41, 5.74) is 0. The van der Waals surface area contributed by atoms with Crippen molar-refractivity contribution >= 4 is 29.2 Å². The number of ether oxygens (including phenoxy) is 1. The van der Waals surface area contributed by atoms with E-state index in [0.717, 1.165) is 0 Å². The van der Waals surface area contributed by atoms with Crippen molar-refractivity contribution in [1.82, 2.24) is 14.7 Å². The first kappa shape index (κ1) is 22.8. The molecule has 0 unspecified atom stereocenters. The van der Waals surface area contributed by atoms with Crippen LogP contribution < -0.4 is 10.1 Å². The molecule has 0 saturated carbocycles. The minimum Gasteiger partial charge on any atom is -0.458 e. The predicted octanol–water partition coefficient (Wildman–Crippen LogP) is 3.08. The second kappa shape index (κ2) is 10.5. The standard InChI is InChI=1S/C22H27ClN4O4/c1-15(2)12-18(22(30)24-20-8-10-26(25-20)9-5-11-28)27-14-16(13-21(27)29)31-19-7-4-3-6-17(19)23/h3-4,6-8,10,13,15,18,28H,5,9,11-12,14H2,1-2H3,(H,24,25,30)/t18-/m0/s1. The molecule has 31 heavy (non-hydrogen) atoms. The fraction of sp³-hybridized carbons (Fsp3) is 0.409. The summed E-state index contributed by atoms with van der Waals surface area (Å²) in [5.74, 6) is 0.914. The normalized spacial score (nSPS) is 14.7. The molecule has 0 aliphatic carbocycles. The molecule has 9 heteroatoms. The highest BCUT2D eigenvalue weighted by atomic mass is 35.5. The number of nitrogens with zero attached hydrogens (tertiary/aromatic N) is 3. The van der Waals surface area contributed by atoms with Crippen LogP contribution in [0.25, 0.3) is 0 Å². The fourth-order valence-electron chi connectivity index (χ4n) is 3.32. The number of amides is 2. The Hall–Kier alpha value is -2.84. The van der Waals surface area contributed by atoms with Crippen molar-refractivity contribution in [3.63, 3.8) is 0 Å². The number of halogens is 1. The number of anilines is 1. The maximum atomic E-state index is 13.0. The zero-order chi connectivity index (χ0) is 22.4. The smallest absolute Gasteiger partial charge is 0.251 e. The number of para-hydroxylation sites is 1. The molecule has 0 saturated heterocycles. The first-order chi connectivity index (χ1) is 14.9. The topological polar surface area (TPSA) is 96.7 Å². The molecule has 2 aromatic rings. The van der Waals surface area contributed by atoms with Gasteiger partial charge in [-0.15, -0.1) is 0 Å². The Morgan fingerprint density at radius 2 is 2.10 bits per heavy atom. The quantitative estimate of drug-likeness (QED) is 0.584. The summed E-state index contributed by atoms with van der Waals surface area (Å²) in [4.78, 5) is 27.2. The fourth-order valence-corrected chi connectivity index (χ4v) is 3.50. The Balaban J connectivity index is 1.69. The molecule has 3 rings (SSSR count). The van der Waals surface area contributed by atoms with Crippen molar-refractivity contribution in [2.24, 2.45) is 5.92 Å². The first-order valence-electron chi connectivity index (χ1n) is 10.3. The van der Waals surface area contributed by atoms with E-state index < -0.39 is 6.04 Å². The number of hydrogen-bond donors (Lipinski definition) is 2. The zero-order valence-corrected chi connectivity index (χ0v) is 18.4. The monoisotopic (exact) mass is 446 g/mol. The highest BCUT2D eigenvalue weighted by molar-refractivity contribution is 6.32. The van der Waals surface area contributed by atoms with E-state index in [4.69, 9.17) is 21.4 Å². The second-order valence-corrected chi connectivity index (χ2v) is 8.19. The molecule has 0 fully saturated rings. The molecule has 166 valence electrons. The van der Waals surface area contributed by atoms with E-state index in [-0.39, 0.29) is 30.9 Å². The maximum Gasteiger partial charge on any atom is 0.251 e. The lowest BCUT2D eigenvalue weighted by molar-refractivity contribution is -0.133. The third-order valence-electron chi connectivity index (χ3n) is 4.78. The van der Waals surface area contributed by atoms with E-state index in [1.54, 1.807) is 41.2 Å². The van der Waals surface area contributed by atoms with Gasteiger partial charge in [0, 0.05) is 31.5 Å². The van der Waals surface area contributed by atoms with Crippen molar-refractivity contribution in [2.75, 3.05) is 18.5 Å². The van der Waals surface area contributed by atoms with Crippen LogP contribution >= 0.6 is 11.6 Å². The number of aromatic nitrogens is 2. The molecule has 1 aliphatic heterocycles. The Bertz CT molecular complexity index is 956. The number of carbonyl (C=O) groups is 2. The molecule has 0 spiro atoms. The van der Waals surface area contributed by atoms with Gasteiger partial charge in [-0.25, -0.2) is 0 Å². The Morgan fingerprint density at radius 1 is 1.32 bits per heavy atom. The van der Waals surface area contributed by atoms with Gasteiger partial charge in [-0.1, -0.05) is 37.6 Å². The highest BCUT2D eigenvalue weighted by Crippen LogP contribution is 2.28. The molecule has 0 radical (unpaired) electrons. The Morgan fingerprint density at radius 3 is 2.81 bits per heavy atom. The van der Waals surface area contributed by atoms with Crippen LogP contribution in [0.1, 0.15) is 26.7 Å². The number of nitrogens with one attached hydrogen (secondary N) is 1. The van der Waals surface area contributed by atoms with Gasteiger partial charge in [0.2, 0.25) is 5.91 Å². The number of hydrogen-bond acceptors (Lipinski definition) is 5. The summed E-state index contributed by atoms with van der Waals surface area (Å²) in [6.45, 7) is 4.80. The van der Waals surface area contributed by atoms with Gasteiger partial charge >= 0.3 is 0 Å². The lowest BCUT2D eigenvalue weighted by Crippen LogP contribution is -2.46. The van der Waals surface area contributed by atoms with Gasteiger partial charge in [-0.2, -0.15) is 5.10 Å². The molecule has 1 aromatic carbocycles. The van der Waals surface area contributed by atoms with Crippen molar-refractivity contribution in [3.8, 4) is 5.75 Å². The van der Waals surface area contributed by atoms with E-state index in [1.807, 2.05) is 13.8 Å². The highest BCUT2D eigenvalue weighted by Gasteiger charge is 2.35. The van der Waals surface area contributed by atoms with Crippen LogP contribution in [0.2, 0.25) is 5.02 Å². The number of benzene rings is 1. The second-order valence-electron chi connectivity index (χ2n) is 7.79. The Labute approximate surface area is 186 Å². The van der Waals surface area contributed by atoms with Gasteiger partial charge in [0.1, 0.15) is 17.6 Å². The van der Waals surface area contributed by atoms with Crippen molar-refractivity contribution in [1.29, 1.82) is 0 Å². The minimum atomic E-state index is -0.668. The number of aliphatic hydroxyl groups is 1. The molecule has 2 amide bonds. The van der Waals surface area contributed by atoms with Crippen molar-refractivity contribution < 1.29 is 19.4 Å². The summed E-state index contributed by atoms with van der Waals surface area (Å²) in [7, 11) is 0. The maximum absolute atomic E-state index is 13.0. The first-order valence-corrected chi connectivity index (χ1v) is 10.6. The van der Waals surface area contributed by atoms with Crippen molar-refractivity contribution in [2.45, 2.75) is 39.3 Å². The van der Waals surface area contributed by atoms with Crippen molar-refractivity contribution in [3.05, 3.63) is 53.4 Å². The lowest BCUT2D eigenvalue weighted by atomic mass is 10.0. The van der Waals surface area contributed by atoms with E-state index in [0.29, 0.717) is 41.7 Å². The van der Waals surface area contributed by atoms with Crippen LogP contribution in [0, 0.1) is 5.92 Å². The van der Waals surface area contributed by atoms with E-state index in [9.17, 15) is 9.59 Å². The van der Waals surface area contributed by atoms with Crippen LogP contribution in [-0.4, -0.2) is 50.8 Å². The molecular formula is C22H27ClN4O4. The van der Waals surface area contributed by atoms with Gasteiger partial charge in [-0.3, -0.25) is 14.3 Å². The van der Waals surface area contributed by atoms with Crippen LogP contribution in [0.3, 0.4) is 0 Å². The van der Waals surface area contributed by atoms with Gasteiger partial charge in [0.05, 0.1) is 11.6 Å². The average Bonchev–Trinajstić information content (AvgIpc) is 3.32. The zero-order valence-electron chi connectivity index (χ0n) is 17.6. The van der Waals surface area contributed by atoms with Gasteiger partial charge in [0.25, 0.3) is 5.91 Å². The summed E-state index contributed by atoms with van der Waals surface area (Å²) < 4.78 is 7.45. The number of rotatable bonds is 10. The average molecular weight is 447 g/mol. The molecule has 2 heterocycles. The van der Waals surface area contributed by atoms with E-state index >= 15 is 0 Å². The largest absolute Gasteiger partial charge is 0.458 e.